The van der Waals surface area contributed by atoms with Crippen molar-refractivity contribution in [1.29, 1.82) is 0 Å². The largest absolute Gasteiger partial charge is 0.465 e. The normalized spacial score (nSPS) is 16.4. The number of rotatable bonds is 5. The van der Waals surface area contributed by atoms with E-state index in [1.807, 2.05) is 0 Å². The van der Waals surface area contributed by atoms with Gasteiger partial charge in [-0.15, -0.1) is 11.3 Å². The molecule has 0 unspecified atom stereocenters. The summed E-state index contributed by atoms with van der Waals surface area (Å²) < 4.78 is 0. The van der Waals surface area contributed by atoms with Gasteiger partial charge in [-0.3, -0.25) is 19.8 Å². The van der Waals surface area contributed by atoms with E-state index >= 15 is 0 Å². The zero-order chi connectivity index (χ0) is 15.2. The number of carbonyl (C=O) groups is 3. The predicted octanol–water partition coefficient (Wildman–Crippen LogP) is 0.434. The molecular weight excluding hydrogens is 296 g/mol. The minimum absolute atomic E-state index is 0.141. The molecule has 0 atom stereocenters. The lowest BCUT2D eigenvalue weighted by Crippen LogP contribution is -2.39. The molecule has 1 fully saturated rings. The summed E-state index contributed by atoms with van der Waals surface area (Å²) in [7, 11) is 0. The van der Waals surface area contributed by atoms with Gasteiger partial charge in [0.15, 0.2) is 0 Å². The van der Waals surface area contributed by atoms with Crippen LogP contribution in [-0.2, 0) is 4.79 Å². The van der Waals surface area contributed by atoms with Crippen molar-refractivity contribution in [2.45, 2.75) is 18.8 Å². The van der Waals surface area contributed by atoms with Gasteiger partial charge in [-0.05, 0) is 12.8 Å². The van der Waals surface area contributed by atoms with Gasteiger partial charge in [-0.25, -0.2) is 9.78 Å². The molecule has 1 aliphatic rings. The summed E-state index contributed by atoms with van der Waals surface area (Å²) in [6.07, 6.45) is 1.09. The zero-order valence-electron chi connectivity index (χ0n) is 11.2. The number of hydrogen-bond donors (Lipinski definition) is 3. The fourth-order valence-corrected chi connectivity index (χ4v) is 3.22. The van der Waals surface area contributed by atoms with E-state index in [9.17, 15) is 14.4 Å². The van der Waals surface area contributed by atoms with Gasteiger partial charge >= 0.3 is 6.09 Å². The summed E-state index contributed by atoms with van der Waals surface area (Å²) in [5.41, 5.74) is 0.141. The molecule has 114 valence electrons. The van der Waals surface area contributed by atoms with Crippen LogP contribution >= 0.6 is 11.3 Å². The van der Waals surface area contributed by atoms with Crippen molar-refractivity contribution in [3.63, 3.8) is 0 Å². The van der Waals surface area contributed by atoms with Crippen LogP contribution in [0.4, 0.5) is 4.79 Å². The van der Waals surface area contributed by atoms with E-state index in [-0.39, 0.29) is 11.6 Å². The van der Waals surface area contributed by atoms with Crippen LogP contribution in [0.2, 0.25) is 0 Å². The monoisotopic (exact) mass is 312 g/mol. The lowest BCUT2D eigenvalue weighted by Gasteiger charge is -2.30. The van der Waals surface area contributed by atoms with E-state index in [1.165, 1.54) is 11.3 Å². The fourth-order valence-electron chi connectivity index (χ4n) is 2.24. The highest BCUT2D eigenvalue weighted by atomic mass is 32.1. The average Bonchev–Trinajstić information content (AvgIpc) is 2.95. The zero-order valence-corrected chi connectivity index (χ0v) is 12.1. The van der Waals surface area contributed by atoms with Crippen LogP contribution in [0.3, 0.4) is 0 Å². The van der Waals surface area contributed by atoms with Crippen molar-refractivity contribution < 1.29 is 19.5 Å². The Labute approximate surface area is 125 Å². The molecule has 1 aliphatic heterocycles. The smallest absolute Gasteiger partial charge is 0.411 e. The Bertz CT molecular complexity index is 525. The Morgan fingerprint density at radius 1 is 1.48 bits per heavy atom. The first kappa shape index (κ1) is 15.4. The van der Waals surface area contributed by atoms with Gasteiger partial charge < -0.3 is 10.4 Å². The summed E-state index contributed by atoms with van der Waals surface area (Å²) >= 11 is 1.38. The molecule has 0 aromatic carbocycles. The molecule has 2 heterocycles. The predicted molar refractivity (Wildman–Crippen MR) is 75.2 cm³/mol. The highest BCUT2D eigenvalue weighted by Gasteiger charge is 2.24. The van der Waals surface area contributed by atoms with Gasteiger partial charge in [-0.2, -0.15) is 0 Å². The van der Waals surface area contributed by atoms with Crippen molar-refractivity contribution in [3.8, 4) is 0 Å². The maximum Gasteiger partial charge on any atom is 0.411 e. The van der Waals surface area contributed by atoms with Crippen LogP contribution in [0.25, 0.3) is 0 Å². The van der Waals surface area contributed by atoms with Gasteiger partial charge in [0.05, 0.1) is 11.7 Å². The van der Waals surface area contributed by atoms with E-state index in [1.54, 1.807) is 10.7 Å². The SMILES string of the molecule is O=CNCN1CCC(c2nc(C(=O)NC(=O)O)cs2)CC1. The molecule has 0 bridgehead atoms. The molecule has 2 rings (SSSR count). The number of amides is 3. The highest BCUT2D eigenvalue weighted by molar-refractivity contribution is 7.09. The molecule has 3 amide bonds. The van der Waals surface area contributed by atoms with E-state index in [2.05, 4.69) is 15.2 Å². The Hall–Kier alpha value is -2.00. The van der Waals surface area contributed by atoms with Gasteiger partial charge in [-0.1, -0.05) is 0 Å². The number of hydrogen-bond acceptors (Lipinski definition) is 6. The van der Waals surface area contributed by atoms with Crippen LogP contribution in [0.15, 0.2) is 5.38 Å². The van der Waals surface area contributed by atoms with Crippen LogP contribution in [0.5, 0.6) is 0 Å². The number of carboxylic acid groups (broad SMARTS) is 1. The summed E-state index contributed by atoms with van der Waals surface area (Å²) in [6, 6.07) is 0. The minimum Gasteiger partial charge on any atom is -0.465 e. The third-order valence-electron chi connectivity index (χ3n) is 3.31. The minimum atomic E-state index is -1.38. The molecular formula is C12H16N4O4S. The summed E-state index contributed by atoms with van der Waals surface area (Å²) in [6.45, 7) is 2.24. The third kappa shape index (κ3) is 4.23. The van der Waals surface area contributed by atoms with Gasteiger partial charge in [0, 0.05) is 24.4 Å². The van der Waals surface area contributed by atoms with Crippen LogP contribution in [0, 0.1) is 0 Å². The standard InChI is InChI=1S/C12H16N4O4S/c17-7-13-6-16-3-1-8(2-4-16)11-14-9(5-21-11)10(18)15-12(19)20/h5,7-8H,1-4,6H2,(H,13,17)(H,15,18)(H,19,20). The van der Waals surface area contributed by atoms with Gasteiger partial charge in [0.25, 0.3) is 5.91 Å². The molecule has 0 spiro atoms. The second-order valence-corrected chi connectivity index (χ2v) is 5.59. The molecule has 9 heteroatoms. The fraction of sp³-hybridized carbons (Fsp3) is 0.500. The lowest BCUT2D eigenvalue weighted by atomic mass is 9.98. The van der Waals surface area contributed by atoms with Crippen LogP contribution in [0.1, 0.15) is 34.3 Å². The van der Waals surface area contributed by atoms with Crippen LogP contribution < -0.4 is 10.6 Å². The summed E-state index contributed by atoms with van der Waals surface area (Å²) in [5.74, 6) is -0.425. The highest BCUT2D eigenvalue weighted by Crippen LogP contribution is 2.30. The first-order valence-electron chi connectivity index (χ1n) is 6.49. The number of piperidine rings is 1. The van der Waals surface area contributed by atoms with Gasteiger partial charge in [0.1, 0.15) is 5.69 Å². The average molecular weight is 312 g/mol. The maximum absolute atomic E-state index is 11.5. The number of nitrogens with one attached hydrogen (secondary N) is 2. The summed E-state index contributed by atoms with van der Waals surface area (Å²) in [4.78, 5) is 38.6. The van der Waals surface area contributed by atoms with Gasteiger partial charge in [0.2, 0.25) is 6.41 Å². The molecule has 0 saturated carbocycles. The molecule has 1 saturated heterocycles. The van der Waals surface area contributed by atoms with E-state index < -0.39 is 12.0 Å². The first-order valence-corrected chi connectivity index (χ1v) is 7.37. The second kappa shape index (κ2) is 7.14. The molecule has 3 N–H and O–H groups in total. The Balaban J connectivity index is 1.89. The molecule has 1 aromatic rings. The summed E-state index contributed by atoms with van der Waals surface area (Å²) in [5, 5.41) is 15.4. The lowest BCUT2D eigenvalue weighted by molar-refractivity contribution is -0.110. The van der Waals surface area contributed by atoms with E-state index in [0.29, 0.717) is 13.1 Å². The quantitative estimate of drug-likeness (QED) is 0.680. The Morgan fingerprint density at radius 3 is 2.81 bits per heavy atom. The molecule has 1 aromatic heterocycles. The van der Waals surface area contributed by atoms with E-state index in [4.69, 9.17) is 5.11 Å². The number of thiazole rings is 1. The number of imide groups is 1. The Morgan fingerprint density at radius 2 is 2.19 bits per heavy atom. The maximum atomic E-state index is 11.5. The van der Waals surface area contributed by atoms with Crippen molar-refractivity contribution in [2.75, 3.05) is 19.8 Å². The van der Waals surface area contributed by atoms with Crippen LogP contribution in [-0.4, -0.2) is 53.2 Å². The van der Waals surface area contributed by atoms with Crippen molar-refractivity contribution in [3.05, 3.63) is 16.1 Å². The topological polar surface area (TPSA) is 112 Å². The molecule has 8 nitrogen and oxygen atoms in total. The number of nitrogens with zero attached hydrogens (tertiary/aromatic N) is 2. The van der Waals surface area contributed by atoms with Crippen molar-refractivity contribution >= 4 is 29.7 Å². The van der Waals surface area contributed by atoms with Crippen molar-refractivity contribution in [1.82, 2.24) is 20.5 Å². The first-order chi connectivity index (χ1) is 10.1. The second-order valence-electron chi connectivity index (χ2n) is 4.70. The number of carbonyl (C=O) groups excluding carboxylic acids is 2. The molecule has 0 aliphatic carbocycles. The number of likely N-dealkylation sites (tertiary alicyclic amines) is 1. The number of aromatic nitrogens is 1. The molecule has 0 radical (unpaired) electrons. The molecule has 21 heavy (non-hydrogen) atoms. The van der Waals surface area contributed by atoms with E-state index in [0.717, 1.165) is 30.9 Å². The third-order valence-corrected chi connectivity index (χ3v) is 4.32. The van der Waals surface area contributed by atoms with Crippen molar-refractivity contribution in [2.24, 2.45) is 0 Å². The Kier molecular flexibility index (Phi) is 5.23.